The van der Waals surface area contributed by atoms with E-state index >= 15 is 0 Å². The lowest BCUT2D eigenvalue weighted by Gasteiger charge is -2.31. The standard InChI is InChI=1S/C15H14Cl6N12/c1-2-6(23-14-29-9(18)25-10(19)30-14)33(15-31-11(20)26-12(21)32-15)5-3-4-22-13-27-7(16)24-8(17)28-13/h6H,2-5H2,1H3,(H,22,24,27,28)(H,23,25,29,30). The lowest BCUT2D eigenvalue weighted by atomic mass is 10.3. The van der Waals surface area contributed by atoms with E-state index in [9.17, 15) is 0 Å². The third-order valence-corrected chi connectivity index (χ3v) is 4.92. The summed E-state index contributed by atoms with van der Waals surface area (Å²) in [6.45, 7) is 2.83. The van der Waals surface area contributed by atoms with Gasteiger partial charge in [0.15, 0.2) is 0 Å². The van der Waals surface area contributed by atoms with E-state index in [0.29, 0.717) is 25.9 Å². The second-order valence-corrected chi connectivity index (χ2v) is 8.14. The van der Waals surface area contributed by atoms with Gasteiger partial charge in [-0.05, 0) is 82.4 Å². The molecule has 3 rings (SSSR count). The summed E-state index contributed by atoms with van der Waals surface area (Å²) in [7, 11) is 0. The molecule has 18 heteroatoms. The molecule has 0 spiro atoms. The molecule has 176 valence electrons. The lowest BCUT2D eigenvalue weighted by molar-refractivity contribution is 0.595. The highest BCUT2D eigenvalue weighted by Crippen LogP contribution is 2.20. The van der Waals surface area contributed by atoms with E-state index < -0.39 is 6.17 Å². The monoisotopic (exact) mass is 572 g/mol. The topological polar surface area (TPSA) is 143 Å². The Hall–Kier alpha value is -1.83. The van der Waals surface area contributed by atoms with E-state index in [0.717, 1.165) is 0 Å². The van der Waals surface area contributed by atoms with Crippen molar-refractivity contribution >= 4 is 87.5 Å². The molecular formula is C15H14Cl6N12. The van der Waals surface area contributed by atoms with Gasteiger partial charge in [-0.3, -0.25) is 0 Å². The molecule has 33 heavy (non-hydrogen) atoms. The van der Waals surface area contributed by atoms with E-state index in [1.54, 1.807) is 0 Å². The molecule has 12 nitrogen and oxygen atoms in total. The van der Waals surface area contributed by atoms with Crippen LogP contribution in [0.25, 0.3) is 0 Å². The summed E-state index contributed by atoms with van der Waals surface area (Å²) in [5.41, 5.74) is 0. The Morgan fingerprint density at radius 1 is 0.667 bits per heavy atom. The van der Waals surface area contributed by atoms with Gasteiger partial charge in [-0.15, -0.1) is 0 Å². The summed E-state index contributed by atoms with van der Waals surface area (Å²) in [6.07, 6.45) is 0.766. The minimum absolute atomic E-state index is 0.0153. The first-order chi connectivity index (χ1) is 15.7. The van der Waals surface area contributed by atoms with Crippen molar-refractivity contribution in [2.75, 3.05) is 28.6 Å². The van der Waals surface area contributed by atoms with Gasteiger partial charge in [-0.25, -0.2) is 0 Å². The number of anilines is 3. The van der Waals surface area contributed by atoms with Crippen LogP contribution in [0.2, 0.25) is 31.7 Å². The molecule has 0 aliphatic carbocycles. The zero-order valence-electron chi connectivity index (χ0n) is 16.6. The van der Waals surface area contributed by atoms with E-state index in [-0.39, 0.29) is 49.5 Å². The zero-order valence-corrected chi connectivity index (χ0v) is 21.2. The number of halogens is 6. The third-order valence-electron chi connectivity index (χ3n) is 3.91. The Kier molecular flexibility index (Phi) is 9.41. The lowest BCUT2D eigenvalue weighted by Crippen LogP contribution is -2.43. The first-order valence-electron chi connectivity index (χ1n) is 9.21. The maximum Gasteiger partial charge on any atom is 0.232 e. The number of rotatable bonds is 10. The van der Waals surface area contributed by atoms with Crippen LogP contribution in [0.15, 0.2) is 0 Å². The van der Waals surface area contributed by atoms with Gasteiger partial charge in [-0.2, -0.15) is 44.9 Å². The van der Waals surface area contributed by atoms with Crippen LogP contribution in [0.4, 0.5) is 17.8 Å². The number of nitrogens with zero attached hydrogens (tertiary/aromatic N) is 10. The minimum atomic E-state index is -0.393. The average Bonchev–Trinajstić information content (AvgIpc) is 2.70. The van der Waals surface area contributed by atoms with Crippen molar-refractivity contribution in [1.82, 2.24) is 44.9 Å². The van der Waals surface area contributed by atoms with E-state index in [1.165, 1.54) is 0 Å². The van der Waals surface area contributed by atoms with Gasteiger partial charge >= 0.3 is 0 Å². The molecule has 0 aromatic carbocycles. The largest absolute Gasteiger partial charge is 0.354 e. The molecule has 0 saturated heterocycles. The molecular weight excluding hydrogens is 561 g/mol. The van der Waals surface area contributed by atoms with Gasteiger partial charge in [0.25, 0.3) is 0 Å². The summed E-state index contributed by atoms with van der Waals surface area (Å²) in [5.74, 6) is 0.671. The normalized spacial score (nSPS) is 11.8. The maximum absolute atomic E-state index is 5.99. The van der Waals surface area contributed by atoms with Crippen LogP contribution in [0, 0.1) is 0 Å². The molecule has 0 saturated carbocycles. The second-order valence-electron chi connectivity index (χ2n) is 6.11. The first-order valence-corrected chi connectivity index (χ1v) is 11.5. The van der Waals surface area contributed by atoms with Crippen LogP contribution in [0.1, 0.15) is 19.8 Å². The van der Waals surface area contributed by atoms with Crippen molar-refractivity contribution in [1.29, 1.82) is 0 Å². The first kappa shape index (κ1) is 25.8. The molecule has 3 aromatic rings. The molecule has 0 aliphatic heterocycles. The Morgan fingerprint density at radius 3 is 1.61 bits per heavy atom. The summed E-state index contributed by atoms with van der Waals surface area (Å²) >= 11 is 35.4. The molecule has 0 fully saturated rings. The van der Waals surface area contributed by atoms with Gasteiger partial charge in [0.05, 0.1) is 0 Å². The van der Waals surface area contributed by atoms with Crippen molar-refractivity contribution in [2.24, 2.45) is 0 Å². The van der Waals surface area contributed by atoms with Gasteiger partial charge in [0.2, 0.25) is 49.5 Å². The fraction of sp³-hybridized carbons (Fsp3) is 0.400. The summed E-state index contributed by atoms with van der Waals surface area (Å²) in [4.78, 5) is 37.4. The van der Waals surface area contributed by atoms with Crippen LogP contribution < -0.4 is 15.5 Å². The van der Waals surface area contributed by atoms with Gasteiger partial charge < -0.3 is 15.5 Å². The molecule has 0 bridgehead atoms. The van der Waals surface area contributed by atoms with Crippen molar-refractivity contribution < 1.29 is 0 Å². The fourth-order valence-corrected chi connectivity index (χ4v) is 3.72. The van der Waals surface area contributed by atoms with Gasteiger partial charge in [0, 0.05) is 13.1 Å². The van der Waals surface area contributed by atoms with Crippen molar-refractivity contribution in [2.45, 2.75) is 25.9 Å². The molecule has 1 atom stereocenters. The Bertz CT molecular complexity index is 1040. The highest BCUT2D eigenvalue weighted by molar-refractivity contribution is 6.32. The smallest absolute Gasteiger partial charge is 0.232 e. The van der Waals surface area contributed by atoms with Crippen LogP contribution >= 0.6 is 69.6 Å². The average molecular weight is 575 g/mol. The molecule has 1 unspecified atom stereocenters. The van der Waals surface area contributed by atoms with Crippen LogP contribution in [-0.2, 0) is 0 Å². The quantitative estimate of drug-likeness (QED) is 0.263. The molecule has 0 aliphatic rings. The van der Waals surface area contributed by atoms with Gasteiger partial charge in [0.1, 0.15) is 6.17 Å². The minimum Gasteiger partial charge on any atom is -0.354 e. The molecule has 2 N–H and O–H groups in total. The third kappa shape index (κ3) is 7.87. The molecule has 3 aromatic heterocycles. The van der Waals surface area contributed by atoms with E-state index in [4.69, 9.17) is 69.6 Å². The predicted octanol–water partition coefficient (Wildman–Crippen LogP) is 4.32. The Labute approximate surface area is 217 Å². The maximum atomic E-state index is 5.99. The van der Waals surface area contributed by atoms with E-state index in [2.05, 4.69) is 55.5 Å². The number of nitrogens with one attached hydrogen (secondary N) is 2. The summed E-state index contributed by atoms with van der Waals surface area (Å²) in [6, 6.07) is 0. The van der Waals surface area contributed by atoms with Gasteiger partial charge in [-0.1, -0.05) is 6.92 Å². The number of hydrogen-bond acceptors (Lipinski definition) is 12. The fourth-order valence-electron chi connectivity index (χ4n) is 2.63. The molecule has 0 radical (unpaired) electrons. The Balaban J connectivity index is 1.77. The van der Waals surface area contributed by atoms with Crippen LogP contribution in [0.5, 0.6) is 0 Å². The SMILES string of the molecule is CCC(Nc1nc(Cl)nc(Cl)n1)N(CCCNc1nc(Cl)nc(Cl)n1)c1nc(Cl)nc(Cl)n1. The second kappa shape index (κ2) is 12.0. The zero-order chi connectivity index (χ0) is 24.0. The number of hydrogen-bond donors (Lipinski definition) is 2. The predicted molar refractivity (Wildman–Crippen MR) is 128 cm³/mol. The number of aromatic nitrogens is 9. The van der Waals surface area contributed by atoms with E-state index in [1.807, 2.05) is 11.8 Å². The van der Waals surface area contributed by atoms with Crippen LogP contribution in [-0.4, -0.2) is 64.1 Å². The highest BCUT2D eigenvalue weighted by atomic mass is 35.5. The summed E-state index contributed by atoms with van der Waals surface area (Å²) in [5, 5.41) is 5.93. The molecule has 3 heterocycles. The summed E-state index contributed by atoms with van der Waals surface area (Å²) < 4.78 is 0. The Morgan fingerprint density at radius 2 is 1.12 bits per heavy atom. The van der Waals surface area contributed by atoms with Crippen molar-refractivity contribution in [3.05, 3.63) is 31.7 Å². The molecule has 0 amide bonds. The van der Waals surface area contributed by atoms with Crippen LogP contribution in [0.3, 0.4) is 0 Å². The highest BCUT2D eigenvalue weighted by Gasteiger charge is 2.22. The van der Waals surface area contributed by atoms with Crippen molar-refractivity contribution in [3.63, 3.8) is 0 Å². The van der Waals surface area contributed by atoms with Crippen molar-refractivity contribution in [3.8, 4) is 0 Å².